The van der Waals surface area contributed by atoms with Gasteiger partial charge in [0.1, 0.15) is 17.8 Å². The van der Waals surface area contributed by atoms with Crippen molar-refractivity contribution in [2.45, 2.75) is 20.0 Å². The lowest BCUT2D eigenvalue weighted by molar-refractivity contribution is 0.0946. The summed E-state index contributed by atoms with van der Waals surface area (Å²) in [4.78, 5) is 20.5. The zero-order valence-electron chi connectivity index (χ0n) is 14.1. The molecule has 0 bridgehead atoms. The Labute approximate surface area is 147 Å². The number of hydrogen-bond acceptors (Lipinski definition) is 4. The third-order valence-electron chi connectivity index (χ3n) is 3.79. The lowest BCUT2D eigenvalue weighted by atomic mass is 10.1. The Hall–Kier alpha value is -3.21. The Kier molecular flexibility index (Phi) is 5.36. The van der Waals surface area contributed by atoms with Crippen molar-refractivity contribution in [3.05, 3.63) is 89.4 Å². The van der Waals surface area contributed by atoms with Crippen molar-refractivity contribution in [1.29, 1.82) is 0 Å². The number of anilines is 1. The van der Waals surface area contributed by atoms with Crippen LogP contribution < -0.4 is 10.6 Å². The summed E-state index contributed by atoms with van der Waals surface area (Å²) in [5, 5.41) is 6.08. The van der Waals surface area contributed by atoms with E-state index in [0.717, 1.165) is 11.1 Å². The second kappa shape index (κ2) is 8.06. The van der Waals surface area contributed by atoms with E-state index in [9.17, 15) is 4.79 Å². The molecule has 0 fully saturated rings. The molecule has 0 saturated carbocycles. The van der Waals surface area contributed by atoms with Crippen LogP contribution in [0.1, 0.15) is 27.2 Å². The Bertz CT molecular complexity index is 832. The van der Waals surface area contributed by atoms with Gasteiger partial charge < -0.3 is 10.6 Å². The minimum absolute atomic E-state index is 0.217. The molecule has 1 amide bonds. The van der Waals surface area contributed by atoms with Gasteiger partial charge in [-0.15, -0.1) is 0 Å². The first-order chi connectivity index (χ1) is 12.2. The number of carbonyl (C=O) groups is 1. The molecule has 0 aliphatic carbocycles. The minimum atomic E-state index is -0.217. The van der Waals surface area contributed by atoms with Crippen molar-refractivity contribution in [1.82, 2.24) is 15.3 Å². The number of carbonyl (C=O) groups excluding carboxylic acids is 1. The van der Waals surface area contributed by atoms with E-state index in [4.69, 9.17) is 0 Å². The quantitative estimate of drug-likeness (QED) is 0.726. The first-order valence-corrected chi connectivity index (χ1v) is 8.14. The number of nitrogens with one attached hydrogen (secondary N) is 2. The number of hydrogen-bond donors (Lipinski definition) is 2. The molecule has 2 N–H and O–H groups in total. The third-order valence-corrected chi connectivity index (χ3v) is 3.79. The monoisotopic (exact) mass is 332 g/mol. The molecule has 0 spiro atoms. The molecule has 0 saturated heterocycles. The highest BCUT2D eigenvalue weighted by molar-refractivity contribution is 5.92. The summed E-state index contributed by atoms with van der Waals surface area (Å²) >= 11 is 0. The normalized spacial score (nSPS) is 10.3. The number of rotatable bonds is 6. The van der Waals surface area contributed by atoms with E-state index < -0.39 is 0 Å². The van der Waals surface area contributed by atoms with E-state index in [1.54, 1.807) is 6.07 Å². The van der Waals surface area contributed by atoms with Gasteiger partial charge in [-0.2, -0.15) is 0 Å². The number of benzene rings is 2. The van der Waals surface area contributed by atoms with E-state index >= 15 is 0 Å². The second-order valence-electron chi connectivity index (χ2n) is 5.80. The number of aromatic nitrogens is 2. The van der Waals surface area contributed by atoms with Gasteiger partial charge in [-0.05, 0) is 18.1 Å². The van der Waals surface area contributed by atoms with Crippen LogP contribution in [-0.2, 0) is 13.1 Å². The molecule has 25 heavy (non-hydrogen) atoms. The molecule has 3 aromatic rings. The van der Waals surface area contributed by atoms with Crippen LogP contribution in [0.15, 0.2) is 67.0 Å². The zero-order chi connectivity index (χ0) is 17.5. The van der Waals surface area contributed by atoms with E-state index in [2.05, 4.69) is 20.6 Å². The van der Waals surface area contributed by atoms with Crippen molar-refractivity contribution in [3.63, 3.8) is 0 Å². The van der Waals surface area contributed by atoms with Gasteiger partial charge in [0, 0.05) is 19.2 Å². The summed E-state index contributed by atoms with van der Waals surface area (Å²) in [6, 6.07) is 19.7. The minimum Gasteiger partial charge on any atom is -0.366 e. The molecular weight excluding hydrogens is 312 g/mol. The number of amides is 1. The molecule has 0 unspecified atom stereocenters. The smallest absolute Gasteiger partial charge is 0.270 e. The summed E-state index contributed by atoms with van der Waals surface area (Å²) in [5.41, 5.74) is 3.74. The molecule has 5 nitrogen and oxygen atoms in total. The van der Waals surface area contributed by atoms with Crippen LogP contribution in [0.2, 0.25) is 0 Å². The van der Waals surface area contributed by atoms with Crippen LogP contribution in [0.4, 0.5) is 5.82 Å². The fourth-order valence-corrected chi connectivity index (χ4v) is 2.35. The van der Waals surface area contributed by atoms with Crippen molar-refractivity contribution in [2.24, 2.45) is 0 Å². The van der Waals surface area contributed by atoms with Crippen LogP contribution in [0.5, 0.6) is 0 Å². The van der Waals surface area contributed by atoms with Gasteiger partial charge >= 0.3 is 0 Å². The molecule has 0 atom stereocenters. The summed E-state index contributed by atoms with van der Waals surface area (Å²) in [6.07, 6.45) is 1.40. The average molecular weight is 332 g/mol. The van der Waals surface area contributed by atoms with Gasteiger partial charge in [-0.1, -0.05) is 60.2 Å². The maximum atomic E-state index is 12.3. The highest BCUT2D eigenvalue weighted by atomic mass is 16.1. The second-order valence-corrected chi connectivity index (χ2v) is 5.80. The van der Waals surface area contributed by atoms with Gasteiger partial charge in [-0.3, -0.25) is 4.79 Å². The number of aryl methyl sites for hydroxylation is 1. The third kappa shape index (κ3) is 4.88. The van der Waals surface area contributed by atoms with Crippen molar-refractivity contribution in [2.75, 3.05) is 5.32 Å². The standard InChI is InChI=1S/C20H20N4O/c1-15-7-9-17(10-8-15)13-22-20(25)18-11-19(24-14-23-18)21-12-16-5-3-2-4-6-16/h2-11,14H,12-13H2,1H3,(H,22,25)(H,21,23,24). The fraction of sp³-hybridized carbons (Fsp3) is 0.150. The van der Waals surface area contributed by atoms with Crippen molar-refractivity contribution >= 4 is 11.7 Å². The Morgan fingerprint density at radius 1 is 0.920 bits per heavy atom. The van der Waals surface area contributed by atoms with Crippen molar-refractivity contribution in [3.8, 4) is 0 Å². The first-order valence-electron chi connectivity index (χ1n) is 8.14. The van der Waals surface area contributed by atoms with Crippen molar-refractivity contribution < 1.29 is 4.79 Å². The molecule has 0 radical (unpaired) electrons. The largest absolute Gasteiger partial charge is 0.366 e. The molecule has 2 aromatic carbocycles. The van der Waals surface area contributed by atoms with Gasteiger partial charge in [0.25, 0.3) is 5.91 Å². The molecule has 1 aromatic heterocycles. The van der Waals surface area contributed by atoms with Crippen LogP contribution in [-0.4, -0.2) is 15.9 Å². The van der Waals surface area contributed by atoms with Gasteiger partial charge in [0.2, 0.25) is 0 Å². The maximum Gasteiger partial charge on any atom is 0.270 e. The molecule has 126 valence electrons. The van der Waals surface area contributed by atoms with E-state index in [1.807, 2.05) is 61.5 Å². The Morgan fingerprint density at radius 2 is 1.64 bits per heavy atom. The lowest BCUT2D eigenvalue weighted by Gasteiger charge is -2.08. The van der Waals surface area contributed by atoms with Crippen LogP contribution in [0.25, 0.3) is 0 Å². The molecule has 3 rings (SSSR count). The molecular formula is C20H20N4O. The fourth-order valence-electron chi connectivity index (χ4n) is 2.35. The van der Waals surface area contributed by atoms with Gasteiger partial charge in [-0.25, -0.2) is 9.97 Å². The topological polar surface area (TPSA) is 66.9 Å². The zero-order valence-corrected chi connectivity index (χ0v) is 14.1. The summed E-state index contributed by atoms with van der Waals surface area (Å²) in [6.45, 7) is 3.14. The highest BCUT2D eigenvalue weighted by Crippen LogP contribution is 2.08. The Balaban J connectivity index is 1.58. The van der Waals surface area contributed by atoms with E-state index in [1.165, 1.54) is 11.9 Å². The molecule has 0 aliphatic heterocycles. The SMILES string of the molecule is Cc1ccc(CNC(=O)c2cc(NCc3ccccc3)ncn2)cc1. The molecule has 5 heteroatoms. The summed E-state index contributed by atoms with van der Waals surface area (Å²) in [7, 11) is 0. The number of nitrogens with zero attached hydrogens (tertiary/aromatic N) is 2. The van der Waals surface area contributed by atoms with Crippen LogP contribution >= 0.6 is 0 Å². The average Bonchev–Trinajstić information content (AvgIpc) is 2.67. The lowest BCUT2D eigenvalue weighted by Crippen LogP contribution is -2.24. The molecule has 0 aliphatic rings. The maximum absolute atomic E-state index is 12.3. The molecule has 1 heterocycles. The van der Waals surface area contributed by atoms with Gasteiger partial charge in [0.15, 0.2) is 0 Å². The predicted octanol–water partition coefficient (Wildman–Crippen LogP) is 3.33. The van der Waals surface area contributed by atoms with Crippen LogP contribution in [0, 0.1) is 6.92 Å². The summed E-state index contributed by atoms with van der Waals surface area (Å²) < 4.78 is 0. The van der Waals surface area contributed by atoms with Gasteiger partial charge in [0.05, 0.1) is 0 Å². The van der Waals surface area contributed by atoms with E-state index in [-0.39, 0.29) is 5.91 Å². The highest BCUT2D eigenvalue weighted by Gasteiger charge is 2.08. The predicted molar refractivity (Wildman–Crippen MR) is 98.1 cm³/mol. The van der Waals surface area contributed by atoms with E-state index in [0.29, 0.717) is 24.6 Å². The summed E-state index contributed by atoms with van der Waals surface area (Å²) in [5.74, 6) is 0.407. The Morgan fingerprint density at radius 3 is 2.40 bits per heavy atom. The first kappa shape index (κ1) is 16.6. The van der Waals surface area contributed by atoms with Crippen LogP contribution in [0.3, 0.4) is 0 Å².